The number of hydrogen-bond donors (Lipinski definition) is 0. The van der Waals surface area contributed by atoms with E-state index < -0.39 is 5.41 Å². The van der Waals surface area contributed by atoms with Crippen molar-refractivity contribution in [2.75, 3.05) is 0 Å². The monoisotopic (exact) mass is 716 g/mol. The third-order valence-corrected chi connectivity index (χ3v) is 10.7. The quantitative estimate of drug-likeness (QED) is 0.171. The number of rotatable bonds is 6. The Morgan fingerprint density at radius 3 is 1.48 bits per heavy atom. The molecule has 0 unspecified atom stereocenters. The molecular weight excluding hydrogens is 685 g/mol. The first-order valence-corrected chi connectivity index (χ1v) is 18.6. The molecule has 1 aliphatic rings. The SMILES string of the molecule is N#Cc1ccc(-c2nc(-c3ccccc3)nc(-c3ccc(-c4cccc5c4Oc4cc6ccccc6cc4C5(c4ccccc4)c4ccccc4)cc3)n2)cc1. The van der Waals surface area contributed by atoms with Crippen molar-refractivity contribution in [3.8, 4) is 62.9 Å². The maximum absolute atomic E-state index is 9.37. The number of para-hydroxylation sites is 1. The summed E-state index contributed by atoms with van der Waals surface area (Å²) in [6.45, 7) is 0. The van der Waals surface area contributed by atoms with E-state index in [0.717, 1.165) is 61.2 Å². The average molecular weight is 717 g/mol. The smallest absolute Gasteiger partial charge is 0.164 e. The lowest BCUT2D eigenvalue weighted by Crippen LogP contribution is -2.34. The summed E-state index contributed by atoms with van der Waals surface area (Å²) in [5.74, 6) is 3.34. The van der Waals surface area contributed by atoms with Gasteiger partial charge in [0.25, 0.3) is 0 Å². The van der Waals surface area contributed by atoms with Crippen LogP contribution in [-0.4, -0.2) is 15.0 Å². The molecule has 0 aliphatic carbocycles. The van der Waals surface area contributed by atoms with Gasteiger partial charge in [-0.3, -0.25) is 0 Å². The number of benzene rings is 8. The van der Waals surface area contributed by atoms with E-state index >= 15 is 0 Å². The molecule has 2 heterocycles. The third-order valence-electron chi connectivity index (χ3n) is 10.7. The molecule has 5 heteroatoms. The van der Waals surface area contributed by atoms with Crippen LogP contribution >= 0.6 is 0 Å². The minimum atomic E-state index is -0.647. The Morgan fingerprint density at radius 1 is 0.429 bits per heavy atom. The zero-order valence-corrected chi connectivity index (χ0v) is 30.2. The fraction of sp³-hybridized carbons (Fsp3) is 0.0196. The van der Waals surface area contributed by atoms with Gasteiger partial charge in [0.1, 0.15) is 11.5 Å². The number of hydrogen-bond acceptors (Lipinski definition) is 5. The Morgan fingerprint density at radius 2 is 0.911 bits per heavy atom. The first-order chi connectivity index (χ1) is 27.7. The largest absolute Gasteiger partial charge is 0.456 e. The van der Waals surface area contributed by atoms with Crippen molar-refractivity contribution in [3.05, 3.63) is 222 Å². The van der Waals surface area contributed by atoms with Crippen LogP contribution in [0.1, 0.15) is 27.8 Å². The molecule has 9 aromatic rings. The van der Waals surface area contributed by atoms with Crippen LogP contribution in [0.5, 0.6) is 11.5 Å². The first-order valence-electron chi connectivity index (χ1n) is 18.6. The molecule has 1 aliphatic heterocycles. The van der Waals surface area contributed by atoms with Crippen molar-refractivity contribution in [3.63, 3.8) is 0 Å². The van der Waals surface area contributed by atoms with Crippen molar-refractivity contribution in [2.45, 2.75) is 5.41 Å². The molecule has 56 heavy (non-hydrogen) atoms. The molecule has 0 bridgehead atoms. The molecular formula is C51H32N4O. The molecule has 1 aromatic heterocycles. The average Bonchev–Trinajstić information content (AvgIpc) is 3.28. The molecule has 0 fully saturated rings. The van der Waals surface area contributed by atoms with Gasteiger partial charge in [0.2, 0.25) is 0 Å². The van der Waals surface area contributed by atoms with E-state index in [2.05, 4.69) is 146 Å². The number of nitriles is 1. The summed E-state index contributed by atoms with van der Waals surface area (Å²) in [4.78, 5) is 14.7. The minimum Gasteiger partial charge on any atom is -0.456 e. The fourth-order valence-electron chi connectivity index (χ4n) is 8.03. The number of nitrogens with zero attached hydrogens (tertiary/aromatic N) is 4. The lowest BCUT2D eigenvalue weighted by atomic mass is 9.63. The molecule has 8 aromatic carbocycles. The standard InChI is InChI=1S/C51H32N4O/c52-33-34-23-25-37(26-24-34)49-53-48(36-13-4-1-5-14-36)54-50(55-49)38-29-27-35(28-30-38)43-21-12-22-44-47(43)56-46-32-40-16-11-10-15-39(40)31-45(46)51(44,41-17-6-2-7-18-41)42-19-8-3-9-20-42/h1-32H. The van der Waals surface area contributed by atoms with Crippen LogP contribution in [0.4, 0.5) is 0 Å². The second-order valence-corrected chi connectivity index (χ2v) is 13.9. The highest BCUT2D eigenvalue weighted by Gasteiger charge is 2.46. The Balaban J connectivity index is 1.14. The zero-order chi connectivity index (χ0) is 37.5. The van der Waals surface area contributed by atoms with E-state index in [-0.39, 0.29) is 0 Å². The summed E-state index contributed by atoms with van der Waals surface area (Å²) in [6, 6.07) is 68.8. The Bertz CT molecular complexity index is 2880. The second-order valence-electron chi connectivity index (χ2n) is 13.9. The Hall–Kier alpha value is -7.68. The summed E-state index contributed by atoms with van der Waals surface area (Å²) in [6.07, 6.45) is 0. The highest BCUT2D eigenvalue weighted by molar-refractivity contribution is 5.89. The second kappa shape index (κ2) is 13.6. The first kappa shape index (κ1) is 32.9. The van der Waals surface area contributed by atoms with E-state index in [1.807, 2.05) is 42.5 Å². The van der Waals surface area contributed by atoms with Crippen molar-refractivity contribution in [1.29, 1.82) is 5.26 Å². The van der Waals surface area contributed by atoms with E-state index in [4.69, 9.17) is 19.7 Å². The molecule has 0 spiro atoms. The van der Waals surface area contributed by atoms with E-state index in [9.17, 15) is 5.26 Å². The summed E-state index contributed by atoms with van der Waals surface area (Å²) < 4.78 is 7.08. The molecule has 0 amide bonds. The third kappa shape index (κ3) is 5.52. The summed E-state index contributed by atoms with van der Waals surface area (Å²) in [5, 5.41) is 11.7. The predicted molar refractivity (Wildman–Crippen MR) is 222 cm³/mol. The molecule has 0 atom stereocenters. The number of ether oxygens (including phenoxy) is 1. The molecule has 262 valence electrons. The van der Waals surface area contributed by atoms with Crippen LogP contribution in [0.2, 0.25) is 0 Å². The predicted octanol–water partition coefficient (Wildman–Crippen LogP) is 12.1. The summed E-state index contributed by atoms with van der Waals surface area (Å²) >= 11 is 0. The van der Waals surface area contributed by atoms with Crippen LogP contribution in [0.25, 0.3) is 56.1 Å². The highest BCUT2D eigenvalue weighted by Crippen LogP contribution is 2.58. The van der Waals surface area contributed by atoms with Gasteiger partial charge in [-0.05, 0) is 63.9 Å². The van der Waals surface area contributed by atoms with Gasteiger partial charge in [-0.2, -0.15) is 5.26 Å². The number of aromatic nitrogens is 3. The number of fused-ring (bicyclic) bond motifs is 3. The lowest BCUT2D eigenvalue weighted by Gasteiger charge is -2.42. The van der Waals surface area contributed by atoms with Gasteiger partial charge in [0.05, 0.1) is 17.0 Å². The van der Waals surface area contributed by atoms with Crippen LogP contribution in [0.15, 0.2) is 194 Å². The van der Waals surface area contributed by atoms with Gasteiger partial charge in [-0.15, -0.1) is 0 Å². The molecule has 0 N–H and O–H groups in total. The highest BCUT2D eigenvalue weighted by atomic mass is 16.5. The van der Waals surface area contributed by atoms with Gasteiger partial charge in [0, 0.05) is 33.4 Å². The maximum Gasteiger partial charge on any atom is 0.164 e. The van der Waals surface area contributed by atoms with Crippen LogP contribution in [0.3, 0.4) is 0 Å². The van der Waals surface area contributed by atoms with Crippen molar-refractivity contribution >= 4 is 10.8 Å². The lowest BCUT2D eigenvalue weighted by molar-refractivity contribution is 0.437. The molecule has 5 nitrogen and oxygen atoms in total. The maximum atomic E-state index is 9.37. The molecule has 0 saturated heterocycles. The van der Waals surface area contributed by atoms with Gasteiger partial charge >= 0.3 is 0 Å². The molecule has 0 radical (unpaired) electrons. The zero-order valence-electron chi connectivity index (χ0n) is 30.2. The topological polar surface area (TPSA) is 71.7 Å². The van der Waals surface area contributed by atoms with Crippen molar-refractivity contribution < 1.29 is 4.74 Å². The van der Waals surface area contributed by atoms with Gasteiger partial charge in [0.15, 0.2) is 17.5 Å². The van der Waals surface area contributed by atoms with E-state index in [0.29, 0.717) is 23.0 Å². The van der Waals surface area contributed by atoms with Crippen LogP contribution in [0, 0.1) is 11.3 Å². The van der Waals surface area contributed by atoms with E-state index in [1.165, 1.54) is 11.1 Å². The Kier molecular flexibility index (Phi) is 8.01. The van der Waals surface area contributed by atoms with Crippen molar-refractivity contribution in [2.24, 2.45) is 0 Å². The van der Waals surface area contributed by atoms with E-state index in [1.54, 1.807) is 12.1 Å². The summed E-state index contributed by atoms with van der Waals surface area (Å²) in [5.41, 5.74) is 9.01. The minimum absolute atomic E-state index is 0.539. The van der Waals surface area contributed by atoms with Gasteiger partial charge < -0.3 is 4.74 Å². The van der Waals surface area contributed by atoms with Crippen molar-refractivity contribution in [1.82, 2.24) is 15.0 Å². The molecule has 10 rings (SSSR count). The van der Waals surface area contributed by atoms with Crippen LogP contribution in [-0.2, 0) is 5.41 Å². The van der Waals surface area contributed by atoms with Gasteiger partial charge in [-0.1, -0.05) is 158 Å². The molecule has 0 saturated carbocycles. The van der Waals surface area contributed by atoms with Crippen LogP contribution < -0.4 is 4.74 Å². The Labute approximate surface area is 324 Å². The fourth-order valence-corrected chi connectivity index (χ4v) is 8.03. The van der Waals surface area contributed by atoms with Gasteiger partial charge in [-0.25, -0.2) is 15.0 Å². The summed E-state index contributed by atoms with van der Waals surface area (Å²) in [7, 11) is 0. The normalized spacial score (nSPS) is 12.6.